The van der Waals surface area contributed by atoms with Crippen molar-refractivity contribution in [2.45, 2.75) is 117 Å². The van der Waals surface area contributed by atoms with Crippen LogP contribution in [0.5, 0.6) is 0 Å². The quantitative estimate of drug-likeness (QED) is 0.0824. The molecule has 20 nitrogen and oxygen atoms in total. The van der Waals surface area contributed by atoms with E-state index in [0.29, 0.717) is 0 Å². The number of carbonyl (C=O) groups is 1. The number of aliphatic hydroxyl groups excluding tert-OH is 8. The summed E-state index contributed by atoms with van der Waals surface area (Å²) in [5.74, 6) is -0.904. The number of rotatable bonds is 14. The summed E-state index contributed by atoms with van der Waals surface area (Å²) in [5, 5.41) is 89.0. The average molecular weight is 658 g/mol. The van der Waals surface area contributed by atoms with E-state index < -0.39 is 123 Å². The van der Waals surface area contributed by atoms with E-state index in [9.17, 15) is 45.6 Å². The zero-order chi connectivity index (χ0) is 33.6. The van der Waals surface area contributed by atoms with Gasteiger partial charge in [0.15, 0.2) is 12.6 Å². The smallest absolute Gasteiger partial charge is 0.250 e. The Labute approximate surface area is 259 Å². The van der Waals surface area contributed by atoms with E-state index in [1.165, 1.54) is 0 Å². The van der Waals surface area contributed by atoms with Crippen molar-refractivity contribution in [3.05, 3.63) is 0 Å². The van der Waals surface area contributed by atoms with Crippen molar-refractivity contribution < 1.29 is 64.6 Å². The first-order valence-electron chi connectivity index (χ1n) is 14.9. The number of ether oxygens (including phenoxy) is 4. The first-order chi connectivity index (χ1) is 21.3. The molecule has 1 aliphatic carbocycles. The van der Waals surface area contributed by atoms with Crippen LogP contribution >= 0.6 is 0 Å². The Hall–Kier alpha value is -1.25. The maximum atomic E-state index is 12.6. The molecular formula is C25H51N7O13. The number of nitrogens with one attached hydrogen (secondary N) is 2. The molecule has 20 heteroatoms. The number of hydrogen-bond donors (Lipinski definition) is 15. The molecule has 0 aromatic rings. The van der Waals surface area contributed by atoms with Crippen LogP contribution < -0.4 is 39.3 Å². The van der Waals surface area contributed by atoms with Crippen LogP contribution in [0.4, 0.5) is 0 Å². The van der Waals surface area contributed by atoms with E-state index in [0.717, 1.165) is 0 Å². The molecule has 2 heterocycles. The maximum absolute atomic E-state index is 12.6. The number of hydrogen-bond acceptors (Lipinski definition) is 19. The fourth-order valence-corrected chi connectivity index (χ4v) is 5.69. The molecule has 3 fully saturated rings. The standard InChI is InChI=1S/C25H51N7O13/c26-2-1-8(34)6-31-15-19(39)17(37)12(5-28)42-24(15)44-21-9(29)3-10(32-23(41)11(35)4-27)22(20(21)40)45-25-18(38)14(30)16(36)13(7-33)43-25/h8-22,24-25,31,33-40H,1-7,26-30H2,(H,32,41)/t8?,9-,10+,11-,12+,13+,14-,15+,16+,17+,18+,19+,20-,21?,22-,24+,25+/m0/s1. The van der Waals surface area contributed by atoms with E-state index in [1.54, 1.807) is 0 Å². The molecule has 0 radical (unpaired) electrons. The minimum absolute atomic E-state index is 0.0697. The van der Waals surface area contributed by atoms with Crippen LogP contribution in [0.15, 0.2) is 0 Å². The molecule has 0 aromatic heterocycles. The fourth-order valence-electron chi connectivity index (χ4n) is 5.69. The van der Waals surface area contributed by atoms with Gasteiger partial charge >= 0.3 is 0 Å². The molecule has 0 spiro atoms. The average Bonchev–Trinajstić information content (AvgIpc) is 3.01. The Balaban J connectivity index is 1.88. The first-order valence-corrected chi connectivity index (χ1v) is 14.9. The summed E-state index contributed by atoms with van der Waals surface area (Å²) in [6, 6.07) is -4.63. The Kier molecular flexibility index (Phi) is 14.6. The van der Waals surface area contributed by atoms with Gasteiger partial charge in [-0.05, 0) is 19.4 Å². The van der Waals surface area contributed by atoms with Crippen LogP contribution in [-0.2, 0) is 23.7 Å². The summed E-state index contributed by atoms with van der Waals surface area (Å²) < 4.78 is 23.3. The molecule has 20 N–H and O–H groups in total. The van der Waals surface area contributed by atoms with Gasteiger partial charge in [-0.15, -0.1) is 0 Å². The lowest BCUT2D eigenvalue weighted by molar-refractivity contribution is -0.321. The molecule has 0 bridgehead atoms. The zero-order valence-corrected chi connectivity index (χ0v) is 24.8. The molecule has 3 rings (SSSR count). The van der Waals surface area contributed by atoms with Crippen LogP contribution in [0.2, 0.25) is 0 Å². The van der Waals surface area contributed by atoms with Crippen LogP contribution in [-0.4, -0.2) is 183 Å². The van der Waals surface area contributed by atoms with E-state index in [4.69, 9.17) is 47.6 Å². The van der Waals surface area contributed by atoms with Gasteiger partial charge in [0.2, 0.25) is 5.91 Å². The monoisotopic (exact) mass is 657 g/mol. The number of amides is 1. The second-order valence-corrected chi connectivity index (χ2v) is 11.7. The van der Waals surface area contributed by atoms with E-state index in [-0.39, 0.29) is 32.5 Å². The SMILES string of the molecule is NCCC(O)CN[C@H]1[C@@H](OC2[C@@H](N)C[C@@H](NC(=O)[C@@H](O)CN)[C@H](O[C@H]3O[C@H](CO)[C@@H](O)[C@H](N)[C@H]3O)[C@H]2O)O[C@H](CN)[C@@H](O)[C@@H]1O. The van der Waals surface area contributed by atoms with Gasteiger partial charge in [-0.3, -0.25) is 4.79 Å². The molecule has 17 atom stereocenters. The number of aliphatic hydroxyl groups is 8. The number of nitrogens with two attached hydrogens (primary N) is 5. The second kappa shape index (κ2) is 17.2. The molecule has 1 saturated carbocycles. The molecule has 3 aliphatic rings. The Morgan fingerprint density at radius 3 is 2.11 bits per heavy atom. The summed E-state index contributed by atoms with van der Waals surface area (Å²) >= 11 is 0. The Morgan fingerprint density at radius 1 is 0.867 bits per heavy atom. The first kappa shape index (κ1) is 38.2. The van der Waals surface area contributed by atoms with E-state index in [1.807, 2.05) is 0 Å². The lowest BCUT2D eigenvalue weighted by atomic mass is 9.83. The zero-order valence-electron chi connectivity index (χ0n) is 24.8. The highest BCUT2D eigenvalue weighted by Crippen LogP contribution is 2.32. The minimum Gasteiger partial charge on any atom is -0.394 e. The molecule has 2 saturated heterocycles. The third-order valence-electron chi connectivity index (χ3n) is 8.41. The normalized spacial score (nSPS) is 43.9. The fraction of sp³-hybridized carbons (Fsp3) is 0.960. The van der Waals surface area contributed by atoms with Crippen molar-refractivity contribution in [3.63, 3.8) is 0 Å². The van der Waals surface area contributed by atoms with Crippen LogP contribution in [0, 0.1) is 0 Å². The largest absolute Gasteiger partial charge is 0.394 e. The Bertz CT molecular complexity index is 915. The molecule has 264 valence electrons. The molecule has 0 aromatic carbocycles. The topological polar surface area (TPSA) is 370 Å². The highest BCUT2D eigenvalue weighted by molar-refractivity contribution is 5.81. The van der Waals surface area contributed by atoms with Gasteiger partial charge in [-0.1, -0.05) is 0 Å². The van der Waals surface area contributed by atoms with Crippen molar-refractivity contribution in [3.8, 4) is 0 Å². The third kappa shape index (κ3) is 9.01. The summed E-state index contributed by atoms with van der Waals surface area (Å²) in [6.45, 7) is -1.18. The van der Waals surface area contributed by atoms with Gasteiger partial charge in [-0.2, -0.15) is 0 Å². The summed E-state index contributed by atoms with van der Waals surface area (Å²) in [5.41, 5.74) is 28.9. The molecule has 1 amide bonds. The van der Waals surface area contributed by atoms with E-state index >= 15 is 0 Å². The van der Waals surface area contributed by atoms with Gasteiger partial charge in [-0.25, -0.2) is 0 Å². The van der Waals surface area contributed by atoms with Crippen molar-refractivity contribution in [2.75, 3.05) is 32.8 Å². The second-order valence-electron chi connectivity index (χ2n) is 11.7. The van der Waals surface area contributed by atoms with Gasteiger partial charge < -0.3 is 99.1 Å². The van der Waals surface area contributed by atoms with Crippen molar-refractivity contribution in [1.82, 2.24) is 10.6 Å². The van der Waals surface area contributed by atoms with Gasteiger partial charge in [0.05, 0.1) is 30.8 Å². The summed E-state index contributed by atoms with van der Waals surface area (Å²) in [6.07, 6.45) is -18.3. The lowest BCUT2D eigenvalue weighted by Gasteiger charge is -2.49. The van der Waals surface area contributed by atoms with Gasteiger partial charge in [0.1, 0.15) is 61.0 Å². The molecule has 2 aliphatic heterocycles. The highest BCUT2D eigenvalue weighted by atomic mass is 16.7. The maximum Gasteiger partial charge on any atom is 0.250 e. The van der Waals surface area contributed by atoms with Crippen LogP contribution in [0.1, 0.15) is 12.8 Å². The molecule has 45 heavy (non-hydrogen) atoms. The third-order valence-corrected chi connectivity index (χ3v) is 8.41. The molecular weight excluding hydrogens is 606 g/mol. The Morgan fingerprint density at radius 2 is 1.51 bits per heavy atom. The lowest BCUT2D eigenvalue weighted by Crippen LogP contribution is -2.70. The van der Waals surface area contributed by atoms with Crippen molar-refractivity contribution in [1.29, 1.82) is 0 Å². The number of carbonyl (C=O) groups excluding carboxylic acids is 1. The molecule has 2 unspecified atom stereocenters. The van der Waals surface area contributed by atoms with Crippen molar-refractivity contribution >= 4 is 5.91 Å². The highest BCUT2D eigenvalue weighted by Gasteiger charge is 2.52. The summed E-state index contributed by atoms with van der Waals surface area (Å²) in [7, 11) is 0. The van der Waals surface area contributed by atoms with Crippen LogP contribution in [0.3, 0.4) is 0 Å². The minimum atomic E-state index is -1.71. The van der Waals surface area contributed by atoms with Gasteiger partial charge in [0.25, 0.3) is 0 Å². The van der Waals surface area contributed by atoms with Gasteiger partial charge in [0, 0.05) is 25.7 Å². The predicted octanol–water partition coefficient (Wildman–Crippen LogP) is -9.51. The predicted molar refractivity (Wildman–Crippen MR) is 152 cm³/mol. The summed E-state index contributed by atoms with van der Waals surface area (Å²) in [4.78, 5) is 12.6. The van der Waals surface area contributed by atoms with Crippen LogP contribution in [0.25, 0.3) is 0 Å². The van der Waals surface area contributed by atoms with Crippen molar-refractivity contribution in [2.24, 2.45) is 28.7 Å². The van der Waals surface area contributed by atoms with E-state index in [2.05, 4.69) is 10.6 Å².